The minimum Gasteiger partial charge on any atom is -0.444 e. The van der Waals surface area contributed by atoms with Gasteiger partial charge in [-0.2, -0.15) is 0 Å². The summed E-state index contributed by atoms with van der Waals surface area (Å²) in [5, 5.41) is 13.1. The van der Waals surface area contributed by atoms with E-state index < -0.39 is 17.8 Å². The molecule has 0 saturated heterocycles. The van der Waals surface area contributed by atoms with Crippen LogP contribution in [0.4, 0.5) is 4.79 Å². The molecule has 0 saturated carbocycles. The van der Waals surface area contributed by atoms with E-state index in [0.717, 1.165) is 24.0 Å². The molecule has 2 rings (SSSR count). The molecule has 2 atom stereocenters. The van der Waals surface area contributed by atoms with Crippen molar-refractivity contribution >= 4 is 6.09 Å². The highest BCUT2D eigenvalue weighted by molar-refractivity contribution is 5.68. The molecule has 0 radical (unpaired) electrons. The number of aliphatic hydroxyl groups is 1. The van der Waals surface area contributed by atoms with Crippen LogP contribution in [0.25, 0.3) is 0 Å². The smallest absolute Gasteiger partial charge is 0.407 e. The molecule has 104 valence electrons. The lowest BCUT2D eigenvalue weighted by Crippen LogP contribution is -2.44. The van der Waals surface area contributed by atoms with Gasteiger partial charge in [-0.1, -0.05) is 24.3 Å². The van der Waals surface area contributed by atoms with Gasteiger partial charge < -0.3 is 15.2 Å². The average molecular weight is 263 g/mol. The Labute approximate surface area is 113 Å². The van der Waals surface area contributed by atoms with Gasteiger partial charge in [0.2, 0.25) is 0 Å². The summed E-state index contributed by atoms with van der Waals surface area (Å²) in [5.74, 6) is 0. The lowest BCUT2D eigenvalue weighted by atomic mass is 9.86. The highest BCUT2D eigenvalue weighted by Crippen LogP contribution is 2.29. The summed E-state index contributed by atoms with van der Waals surface area (Å²) in [5.41, 5.74) is 1.52. The number of fused-ring (bicyclic) bond motifs is 1. The molecule has 1 aromatic carbocycles. The molecule has 0 fully saturated rings. The number of alkyl carbamates (subject to hydrolysis) is 1. The summed E-state index contributed by atoms with van der Waals surface area (Å²) >= 11 is 0. The molecule has 2 N–H and O–H groups in total. The van der Waals surface area contributed by atoms with Gasteiger partial charge in [-0.3, -0.25) is 0 Å². The lowest BCUT2D eigenvalue weighted by Gasteiger charge is -2.31. The number of aryl methyl sites for hydroxylation is 1. The molecule has 1 aromatic rings. The zero-order chi connectivity index (χ0) is 14.0. The summed E-state index contributed by atoms with van der Waals surface area (Å²) < 4.78 is 5.22. The SMILES string of the molecule is CC(C)(C)OC(=O)N[C@H]1CCc2ccccc2[C@H]1O. The van der Waals surface area contributed by atoms with Crippen molar-refractivity contribution in [2.45, 2.75) is 51.4 Å². The minimum absolute atomic E-state index is 0.287. The Hall–Kier alpha value is -1.55. The van der Waals surface area contributed by atoms with Crippen molar-refractivity contribution < 1.29 is 14.6 Å². The summed E-state index contributed by atoms with van der Waals surface area (Å²) in [6.07, 6.45) is 0.430. The van der Waals surface area contributed by atoms with E-state index in [1.807, 2.05) is 45.0 Å². The van der Waals surface area contributed by atoms with Crippen LogP contribution in [-0.4, -0.2) is 22.8 Å². The van der Waals surface area contributed by atoms with Crippen molar-refractivity contribution in [1.29, 1.82) is 0 Å². The van der Waals surface area contributed by atoms with Gasteiger partial charge in [0.1, 0.15) is 5.60 Å². The summed E-state index contributed by atoms with van der Waals surface area (Å²) in [7, 11) is 0. The third-order valence-electron chi connectivity index (χ3n) is 3.18. The standard InChI is InChI=1S/C15H21NO3/c1-15(2,3)19-14(18)16-12-9-8-10-6-4-5-7-11(10)13(12)17/h4-7,12-13,17H,8-9H2,1-3H3,(H,16,18)/t12-,13+/m0/s1. The number of ether oxygens (including phenoxy) is 1. The van der Waals surface area contributed by atoms with E-state index in [-0.39, 0.29) is 6.04 Å². The highest BCUT2D eigenvalue weighted by Gasteiger charge is 2.30. The number of carbonyl (C=O) groups is 1. The van der Waals surface area contributed by atoms with Gasteiger partial charge >= 0.3 is 6.09 Å². The monoisotopic (exact) mass is 263 g/mol. The number of hydrogen-bond donors (Lipinski definition) is 2. The van der Waals surface area contributed by atoms with E-state index in [4.69, 9.17) is 4.74 Å². The van der Waals surface area contributed by atoms with Crippen molar-refractivity contribution in [3.8, 4) is 0 Å². The van der Waals surface area contributed by atoms with Crippen LogP contribution in [0.3, 0.4) is 0 Å². The predicted molar refractivity (Wildman–Crippen MR) is 72.9 cm³/mol. The van der Waals surface area contributed by atoms with Crippen LogP contribution in [-0.2, 0) is 11.2 Å². The number of rotatable bonds is 1. The van der Waals surface area contributed by atoms with Gasteiger partial charge in [0.25, 0.3) is 0 Å². The number of aliphatic hydroxyl groups excluding tert-OH is 1. The van der Waals surface area contributed by atoms with Gasteiger partial charge in [-0.05, 0) is 44.7 Å². The van der Waals surface area contributed by atoms with Crippen molar-refractivity contribution in [3.05, 3.63) is 35.4 Å². The maximum absolute atomic E-state index is 11.7. The third-order valence-corrected chi connectivity index (χ3v) is 3.18. The molecule has 4 nitrogen and oxygen atoms in total. The lowest BCUT2D eigenvalue weighted by molar-refractivity contribution is 0.0401. The van der Waals surface area contributed by atoms with Crippen molar-refractivity contribution in [1.82, 2.24) is 5.32 Å². The van der Waals surface area contributed by atoms with E-state index in [9.17, 15) is 9.90 Å². The normalized spacial score (nSPS) is 22.5. The molecule has 0 bridgehead atoms. The number of carbonyl (C=O) groups excluding carboxylic acids is 1. The molecule has 0 aromatic heterocycles. The molecule has 0 unspecified atom stereocenters. The molecule has 1 aliphatic carbocycles. The Morgan fingerprint density at radius 1 is 1.37 bits per heavy atom. The molecule has 0 spiro atoms. The van der Waals surface area contributed by atoms with E-state index in [0.29, 0.717) is 0 Å². The van der Waals surface area contributed by atoms with Crippen LogP contribution >= 0.6 is 0 Å². The first-order chi connectivity index (χ1) is 8.87. The molecule has 4 heteroatoms. The van der Waals surface area contributed by atoms with Gasteiger partial charge in [-0.25, -0.2) is 4.79 Å². The second kappa shape index (κ2) is 5.21. The van der Waals surface area contributed by atoms with E-state index in [1.165, 1.54) is 0 Å². The van der Waals surface area contributed by atoms with Crippen LogP contribution < -0.4 is 5.32 Å². The van der Waals surface area contributed by atoms with Gasteiger partial charge in [0, 0.05) is 0 Å². The highest BCUT2D eigenvalue weighted by atomic mass is 16.6. The first kappa shape index (κ1) is 13.9. The molecule has 19 heavy (non-hydrogen) atoms. The largest absolute Gasteiger partial charge is 0.444 e. The van der Waals surface area contributed by atoms with E-state index in [2.05, 4.69) is 5.32 Å². The summed E-state index contributed by atoms with van der Waals surface area (Å²) in [6, 6.07) is 7.50. The van der Waals surface area contributed by atoms with Crippen LogP contribution in [0.5, 0.6) is 0 Å². The fraction of sp³-hybridized carbons (Fsp3) is 0.533. The Balaban J connectivity index is 2.02. The van der Waals surface area contributed by atoms with Crippen molar-refractivity contribution in [2.24, 2.45) is 0 Å². The Kier molecular flexibility index (Phi) is 3.80. The fourth-order valence-electron chi connectivity index (χ4n) is 2.35. The molecule has 0 heterocycles. The topological polar surface area (TPSA) is 58.6 Å². The maximum Gasteiger partial charge on any atom is 0.407 e. The molecular formula is C15H21NO3. The Morgan fingerprint density at radius 3 is 2.74 bits per heavy atom. The number of amides is 1. The molecule has 1 amide bonds. The number of benzene rings is 1. The second-order valence-corrected chi connectivity index (χ2v) is 5.94. The van der Waals surface area contributed by atoms with Gasteiger partial charge in [0.15, 0.2) is 0 Å². The Bertz CT molecular complexity index is 465. The Morgan fingerprint density at radius 2 is 2.05 bits per heavy atom. The zero-order valence-corrected chi connectivity index (χ0v) is 11.6. The summed E-state index contributed by atoms with van der Waals surface area (Å²) in [6.45, 7) is 5.46. The molecule has 1 aliphatic rings. The summed E-state index contributed by atoms with van der Waals surface area (Å²) in [4.78, 5) is 11.7. The minimum atomic E-state index is -0.669. The van der Waals surface area contributed by atoms with Crippen LogP contribution in [0.2, 0.25) is 0 Å². The van der Waals surface area contributed by atoms with Gasteiger partial charge in [0.05, 0.1) is 12.1 Å². The zero-order valence-electron chi connectivity index (χ0n) is 11.6. The van der Waals surface area contributed by atoms with Crippen LogP contribution in [0.1, 0.15) is 44.4 Å². The number of nitrogens with one attached hydrogen (secondary N) is 1. The van der Waals surface area contributed by atoms with E-state index in [1.54, 1.807) is 0 Å². The first-order valence-electron chi connectivity index (χ1n) is 6.62. The second-order valence-electron chi connectivity index (χ2n) is 5.94. The fourth-order valence-corrected chi connectivity index (χ4v) is 2.35. The van der Waals surface area contributed by atoms with E-state index >= 15 is 0 Å². The number of hydrogen-bond acceptors (Lipinski definition) is 3. The molecular weight excluding hydrogens is 242 g/mol. The average Bonchev–Trinajstić information content (AvgIpc) is 2.31. The van der Waals surface area contributed by atoms with Gasteiger partial charge in [-0.15, -0.1) is 0 Å². The first-order valence-corrected chi connectivity index (χ1v) is 6.62. The predicted octanol–water partition coefficient (Wildman–Crippen LogP) is 2.56. The molecule has 0 aliphatic heterocycles. The third kappa shape index (κ3) is 3.47. The van der Waals surface area contributed by atoms with Crippen molar-refractivity contribution in [3.63, 3.8) is 0 Å². The van der Waals surface area contributed by atoms with Crippen molar-refractivity contribution in [2.75, 3.05) is 0 Å². The van der Waals surface area contributed by atoms with Crippen LogP contribution in [0, 0.1) is 0 Å². The quantitative estimate of drug-likeness (QED) is 0.818. The van der Waals surface area contributed by atoms with Crippen LogP contribution in [0.15, 0.2) is 24.3 Å². The maximum atomic E-state index is 11.7.